The van der Waals surface area contributed by atoms with Gasteiger partial charge in [0, 0.05) is 19.3 Å². The van der Waals surface area contributed by atoms with Crippen LogP contribution >= 0.6 is 0 Å². The minimum atomic E-state index is -0.800. The zero-order valence-corrected chi connectivity index (χ0v) is 53.5. The van der Waals surface area contributed by atoms with Crippen molar-refractivity contribution in [2.75, 3.05) is 13.2 Å². The van der Waals surface area contributed by atoms with Gasteiger partial charge in [-0.3, -0.25) is 14.4 Å². The summed E-state index contributed by atoms with van der Waals surface area (Å²) in [6.45, 7) is 6.53. The summed E-state index contributed by atoms with van der Waals surface area (Å²) in [5.41, 5.74) is 0. The highest BCUT2D eigenvalue weighted by atomic mass is 16.6. The van der Waals surface area contributed by atoms with Crippen LogP contribution in [0.1, 0.15) is 342 Å². The molecule has 1 atom stereocenters. The Bertz CT molecular complexity index is 1580. The molecule has 0 aromatic carbocycles. The van der Waals surface area contributed by atoms with E-state index in [1.807, 2.05) is 0 Å². The van der Waals surface area contributed by atoms with Gasteiger partial charge in [0.25, 0.3) is 0 Å². The molecule has 0 amide bonds. The smallest absolute Gasteiger partial charge is 0.306 e. The number of carbonyl (C=O) groups is 3. The van der Waals surface area contributed by atoms with Crippen LogP contribution in [0.2, 0.25) is 0 Å². The Labute approximate surface area is 502 Å². The van der Waals surface area contributed by atoms with Crippen molar-refractivity contribution >= 4 is 17.9 Å². The Balaban J connectivity index is 4.44. The molecule has 0 aliphatic carbocycles. The van der Waals surface area contributed by atoms with Gasteiger partial charge in [-0.05, 0) is 103 Å². The maximum absolute atomic E-state index is 13.0. The molecule has 0 heterocycles. The minimum Gasteiger partial charge on any atom is -0.462 e. The highest BCUT2D eigenvalue weighted by molar-refractivity contribution is 5.71. The maximum atomic E-state index is 13.0. The van der Waals surface area contributed by atoms with Crippen LogP contribution in [0.5, 0.6) is 0 Å². The third kappa shape index (κ3) is 67.0. The Morgan fingerprint density at radius 1 is 0.259 bits per heavy atom. The quantitative estimate of drug-likeness (QED) is 0.0261. The van der Waals surface area contributed by atoms with Crippen molar-refractivity contribution in [3.05, 3.63) is 97.2 Å². The van der Waals surface area contributed by atoms with E-state index in [-0.39, 0.29) is 31.1 Å². The van der Waals surface area contributed by atoms with Gasteiger partial charge in [-0.2, -0.15) is 0 Å². The average molecular weight is 1130 g/mol. The molecule has 0 bridgehead atoms. The number of unbranched alkanes of at least 4 members (excludes halogenated alkanes) is 36. The van der Waals surface area contributed by atoms with E-state index in [2.05, 4.69) is 118 Å². The fourth-order valence-electron chi connectivity index (χ4n) is 9.89. The number of ether oxygens (including phenoxy) is 3. The van der Waals surface area contributed by atoms with Gasteiger partial charge in [0.2, 0.25) is 0 Å². The molecule has 6 nitrogen and oxygen atoms in total. The van der Waals surface area contributed by atoms with Crippen LogP contribution in [0.15, 0.2) is 97.2 Å². The van der Waals surface area contributed by atoms with E-state index in [1.54, 1.807) is 0 Å². The number of carbonyl (C=O) groups excluding carboxylic acids is 3. The van der Waals surface area contributed by atoms with Crippen molar-refractivity contribution in [1.82, 2.24) is 0 Å². The van der Waals surface area contributed by atoms with E-state index in [4.69, 9.17) is 14.2 Å². The van der Waals surface area contributed by atoms with Crippen LogP contribution in [0.3, 0.4) is 0 Å². The highest BCUT2D eigenvalue weighted by Crippen LogP contribution is 2.17. The lowest BCUT2D eigenvalue weighted by Crippen LogP contribution is -2.30. The largest absolute Gasteiger partial charge is 0.462 e. The molecule has 6 heteroatoms. The Kier molecular flexibility index (Phi) is 65.7. The zero-order valence-electron chi connectivity index (χ0n) is 53.5. The van der Waals surface area contributed by atoms with Crippen LogP contribution < -0.4 is 0 Å². The lowest BCUT2D eigenvalue weighted by Gasteiger charge is -2.18. The standard InChI is InChI=1S/C75H130O6/c1-4-7-10-13-16-19-22-25-28-31-34-37-40-43-46-49-52-55-58-61-64-67-73(76)79-70-72(81-75(78)69-66-63-60-57-54-51-48-45-42-39-36-33-30-27-24-21-18-15-12-9-6-3)71-80-74(77)68-65-62-59-56-53-50-47-44-41-38-35-32-29-26-23-20-17-14-11-8-5-2/h7,10,16,19,24-25,27-28,33-34,36-37,43,46,52,55,72H,4-6,8-9,11-15,17-18,20-23,26,29-32,35,38-42,44-45,47-51,53-54,56-71H2,1-3H3/b10-7-,19-16-,27-24-,28-25-,36-33-,37-34-,46-43-,55-52-. The average Bonchev–Trinajstić information content (AvgIpc) is 3.47. The van der Waals surface area contributed by atoms with Gasteiger partial charge in [0.05, 0.1) is 0 Å². The van der Waals surface area contributed by atoms with Gasteiger partial charge in [-0.15, -0.1) is 0 Å². The molecular weight excluding hydrogens is 997 g/mol. The highest BCUT2D eigenvalue weighted by Gasteiger charge is 2.19. The topological polar surface area (TPSA) is 78.9 Å². The summed E-state index contributed by atoms with van der Waals surface area (Å²) in [4.78, 5) is 38.5. The molecule has 0 spiro atoms. The summed E-state index contributed by atoms with van der Waals surface area (Å²) < 4.78 is 17.0. The van der Waals surface area contributed by atoms with E-state index >= 15 is 0 Å². The first-order chi connectivity index (χ1) is 40.0. The maximum Gasteiger partial charge on any atom is 0.306 e. The minimum absolute atomic E-state index is 0.0905. The van der Waals surface area contributed by atoms with Crippen molar-refractivity contribution in [1.29, 1.82) is 0 Å². The van der Waals surface area contributed by atoms with Crippen molar-refractivity contribution < 1.29 is 28.6 Å². The van der Waals surface area contributed by atoms with Crippen LogP contribution in [-0.4, -0.2) is 37.2 Å². The van der Waals surface area contributed by atoms with Gasteiger partial charge in [-0.1, -0.05) is 317 Å². The Morgan fingerprint density at radius 2 is 0.481 bits per heavy atom. The Hall–Kier alpha value is -3.67. The fourth-order valence-corrected chi connectivity index (χ4v) is 9.89. The number of hydrogen-bond donors (Lipinski definition) is 0. The predicted octanol–water partition coefficient (Wildman–Crippen LogP) is 24.0. The molecule has 0 rings (SSSR count). The number of rotatable bonds is 63. The van der Waals surface area contributed by atoms with Crippen LogP contribution in [0.25, 0.3) is 0 Å². The monoisotopic (exact) mass is 1130 g/mol. The third-order valence-corrected chi connectivity index (χ3v) is 15.1. The molecule has 0 fully saturated rings. The Morgan fingerprint density at radius 3 is 0.778 bits per heavy atom. The summed E-state index contributed by atoms with van der Waals surface area (Å²) >= 11 is 0. The summed E-state index contributed by atoms with van der Waals surface area (Å²) in [6.07, 6.45) is 92.8. The summed E-state index contributed by atoms with van der Waals surface area (Å²) in [5, 5.41) is 0. The fraction of sp³-hybridized carbons (Fsp3) is 0.747. The molecule has 0 aliphatic heterocycles. The summed E-state index contributed by atoms with van der Waals surface area (Å²) in [7, 11) is 0. The van der Waals surface area contributed by atoms with Crippen molar-refractivity contribution in [2.24, 2.45) is 0 Å². The molecule has 0 saturated heterocycles. The van der Waals surface area contributed by atoms with Crippen molar-refractivity contribution in [2.45, 2.75) is 348 Å². The second kappa shape index (κ2) is 68.8. The second-order valence-electron chi connectivity index (χ2n) is 23.1. The van der Waals surface area contributed by atoms with Gasteiger partial charge in [0.1, 0.15) is 13.2 Å². The number of allylic oxidation sites excluding steroid dienone is 16. The molecule has 1 unspecified atom stereocenters. The van der Waals surface area contributed by atoms with E-state index < -0.39 is 6.10 Å². The summed E-state index contributed by atoms with van der Waals surface area (Å²) in [6, 6.07) is 0. The molecule has 466 valence electrons. The number of esters is 3. The van der Waals surface area contributed by atoms with E-state index in [1.165, 1.54) is 199 Å². The van der Waals surface area contributed by atoms with Gasteiger partial charge in [0.15, 0.2) is 6.10 Å². The molecule has 0 aromatic rings. The molecule has 0 radical (unpaired) electrons. The molecular formula is C75H130O6. The molecule has 0 aromatic heterocycles. The third-order valence-electron chi connectivity index (χ3n) is 15.1. The van der Waals surface area contributed by atoms with Crippen LogP contribution in [-0.2, 0) is 28.6 Å². The lowest BCUT2D eigenvalue weighted by atomic mass is 10.0. The van der Waals surface area contributed by atoms with Crippen molar-refractivity contribution in [3.63, 3.8) is 0 Å². The first kappa shape index (κ1) is 77.3. The van der Waals surface area contributed by atoms with Crippen molar-refractivity contribution in [3.8, 4) is 0 Å². The van der Waals surface area contributed by atoms with Crippen LogP contribution in [0, 0.1) is 0 Å². The molecule has 0 aliphatic rings. The molecule has 81 heavy (non-hydrogen) atoms. The van der Waals surface area contributed by atoms with E-state index in [0.717, 1.165) is 103 Å². The first-order valence-corrected chi connectivity index (χ1v) is 34.7. The number of hydrogen-bond acceptors (Lipinski definition) is 6. The first-order valence-electron chi connectivity index (χ1n) is 34.7. The lowest BCUT2D eigenvalue weighted by molar-refractivity contribution is -0.167. The van der Waals surface area contributed by atoms with E-state index in [9.17, 15) is 14.4 Å². The van der Waals surface area contributed by atoms with E-state index in [0.29, 0.717) is 19.3 Å². The van der Waals surface area contributed by atoms with Gasteiger partial charge in [-0.25, -0.2) is 0 Å². The normalized spacial score (nSPS) is 12.7. The van der Waals surface area contributed by atoms with Crippen LogP contribution in [0.4, 0.5) is 0 Å². The zero-order chi connectivity index (χ0) is 58.5. The van der Waals surface area contributed by atoms with Gasteiger partial charge >= 0.3 is 17.9 Å². The van der Waals surface area contributed by atoms with Gasteiger partial charge < -0.3 is 14.2 Å². The summed E-state index contributed by atoms with van der Waals surface area (Å²) in [5.74, 6) is -0.923. The predicted molar refractivity (Wildman–Crippen MR) is 353 cm³/mol. The molecule has 0 N–H and O–H groups in total. The SMILES string of the molecule is CC/C=C\C/C=C\C/C=C\C/C=C\C/C=C\C/C=C\CCCCC(=O)OCC(COC(=O)CCCCCCCCCCCCCCCCCCCCCCC)OC(=O)CCCCCCCCCCC/C=C\C/C=C\CCCCCCC. The second-order valence-corrected chi connectivity index (χ2v) is 23.1. The molecule has 0 saturated carbocycles.